The van der Waals surface area contributed by atoms with Gasteiger partial charge in [-0.15, -0.1) is 0 Å². The monoisotopic (exact) mass is 251 g/mol. The van der Waals surface area contributed by atoms with Crippen LogP contribution >= 0.6 is 0 Å². The van der Waals surface area contributed by atoms with Gasteiger partial charge in [-0.05, 0) is 24.3 Å². The minimum atomic E-state index is -0.870. The maximum absolute atomic E-state index is 13.3. The van der Waals surface area contributed by atoms with Crippen LogP contribution in [0.15, 0.2) is 41.0 Å². The summed E-state index contributed by atoms with van der Waals surface area (Å²) in [6.07, 6.45) is 2.05. The van der Waals surface area contributed by atoms with Crippen LogP contribution in [-0.2, 0) is 6.42 Å². The first kappa shape index (κ1) is 12.3. The Morgan fingerprint density at radius 1 is 1.28 bits per heavy atom. The molecule has 0 spiro atoms. The van der Waals surface area contributed by atoms with E-state index in [-0.39, 0.29) is 5.56 Å². The Morgan fingerprint density at radius 2 is 2.11 bits per heavy atom. The van der Waals surface area contributed by atoms with Crippen molar-refractivity contribution in [3.63, 3.8) is 0 Å². The molecule has 0 saturated carbocycles. The molecular weight excluding hydrogens is 240 g/mol. The van der Waals surface area contributed by atoms with E-state index >= 15 is 0 Å². The largest absolute Gasteiger partial charge is 0.469 e. The molecule has 2 rings (SSSR count). The summed E-state index contributed by atoms with van der Waals surface area (Å²) in [6.45, 7) is 0.323. The van der Waals surface area contributed by atoms with Crippen LogP contribution in [0.3, 0.4) is 0 Å². The lowest BCUT2D eigenvalue weighted by molar-refractivity contribution is 0.0949. The van der Waals surface area contributed by atoms with Crippen LogP contribution in [0.25, 0.3) is 0 Å². The Bertz CT molecular complexity index is 538. The second-order valence-corrected chi connectivity index (χ2v) is 3.71. The van der Waals surface area contributed by atoms with E-state index in [0.29, 0.717) is 19.0 Å². The van der Waals surface area contributed by atoms with Gasteiger partial charge in [-0.25, -0.2) is 8.78 Å². The van der Waals surface area contributed by atoms with Crippen molar-refractivity contribution in [3.8, 4) is 0 Å². The zero-order valence-corrected chi connectivity index (χ0v) is 9.45. The molecule has 1 amide bonds. The van der Waals surface area contributed by atoms with E-state index < -0.39 is 17.5 Å². The second kappa shape index (κ2) is 5.44. The Balaban J connectivity index is 1.91. The highest BCUT2D eigenvalue weighted by Gasteiger charge is 2.11. The zero-order valence-electron chi connectivity index (χ0n) is 9.45. The fraction of sp³-hybridized carbons (Fsp3) is 0.154. The van der Waals surface area contributed by atoms with E-state index in [1.807, 2.05) is 0 Å². The van der Waals surface area contributed by atoms with Crippen molar-refractivity contribution in [2.45, 2.75) is 6.42 Å². The summed E-state index contributed by atoms with van der Waals surface area (Å²) in [7, 11) is 0. The minimum absolute atomic E-state index is 0.171. The first-order chi connectivity index (χ1) is 8.66. The SMILES string of the molecule is O=C(NCCc1ccco1)c1ccc(F)cc1F. The first-order valence-corrected chi connectivity index (χ1v) is 5.42. The number of hydrogen-bond acceptors (Lipinski definition) is 2. The third-order valence-electron chi connectivity index (χ3n) is 2.41. The Morgan fingerprint density at radius 3 is 2.78 bits per heavy atom. The molecule has 0 fully saturated rings. The molecule has 3 nitrogen and oxygen atoms in total. The van der Waals surface area contributed by atoms with Crippen LogP contribution in [0.2, 0.25) is 0 Å². The van der Waals surface area contributed by atoms with E-state index in [4.69, 9.17) is 4.42 Å². The fourth-order valence-corrected chi connectivity index (χ4v) is 1.52. The summed E-state index contributed by atoms with van der Waals surface area (Å²) in [5.74, 6) is -1.42. The number of carbonyl (C=O) groups is 1. The summed E-state index contributed by atoms with van der Waals surface area (Å²) in [5, 5.41) is 2.54. The Kier molecular flexibility index (Phi) is 3.72. The Hall–Kier alpha value is -2.17. The summed E-state index contributed by atoms with van der Waals surface area (Å²) in [4.78, 5) is 11.6. The lowest BCUT2D eigenvalue weighted by Gasteiger charge is -2.05. The van der Waals surface area contributed by atoms with Crippen molar-refractivity contribution in [1.82, 2.24) is 5.32 Å². The molecule has 18 heavy (non-hydrogen) atoms. The van der Waals surface area contributed by atoms with Crippen LogP contribution < -0.4 is 5.32 Å². The molecule has 1 aromatic carbocycles. The topological polar surface area (TPSA) is 42.2 Å². The predicted octanol–water partition coefficient (Wildman–Crippen LogP) is 2.53. The molecular formula is C13H11F2NO2. The third-order valence-corrected chi connectivity index (χ3v) is 2.41. The molecule has 0 unspecified atom stereocenters. The van der Waals surface area contributed by atoms with Crippen LogP contribution in [0.4, 0.5) is 8.78 Å². The highest BCUT2D eigenvalue weighted by molar-refractivity contribution is 5.94. The fourth-order valence-electron chi connectivity index (χ4n) is 1.52. The Labute approximate surface area is 102 Å². The van der Waals surface area contributed by atoms with Crippen molar-refractivity contribution in [2.75, 3.05) is 6.54 Å². The van der Waals surface area contributed by atoms with Gasteiger partial charge in [0.05, 0.1) is 11.8 Å². The van der Waals surface area contributed by atoms with Gasteiger partial charge in [-0.1, -0.05) is 0 Å². The first-order valence-electron chi connectivity index (χ1n) is 5.42. The number of rotatable bonds is 4. The predicted molar refractivity (Wildman–Crippen MR) is 61.1 cm³/mol. The molecule has 5 heteroatoms. The number of hydrogen-bond donors (Lipinski definition) is 1. The second-order valence-electron chi connectivity index (χ2n) is 3.71. The molecule has 0 aliphatic carbocycles. The maximum atomic E-state index is 13.3. The molecule has 0 aliphatic heterocycles. The van der Waals surface area contributed by atoms with Gasteiger partial charge >= 0.3 is 0 Å². The van der Waals surface area contributed by atoms with E-state index in [1.165, 1.54) is 6.26 Å². The number of carbonyl (C=O) groups excluding carboxylic acids is 1. The normalized spacial score (nSPS) is 10.3. The van der Waals surface area contributed by atoms with E-state index in [9.17, 15) is 13.6 Å². The minimum Gasteiger partial charge on any atom is -0.469 e. The molecule has 1 heterocycles. The average Bonchev–Trinajstić information content (AvgIpc) is 2.81. The third kappa shape index (κ3) is 2.94. The van der Waals surface area contributed by atoms with Gasteiger partial charge in [0.25, 0.3) is 5.91 Å². The summed E-state index contributed by atoms with van der Waals surface area (Å²) < 4.78 is 31.0. The molecule has 0 bridgehead atoms. The van der Waals surface area contributed by atoms with E-state index in [0.717, 1.165) is 17.9 Å². The average molecular weight is 251 g/mol. The highest BCUT2D eigenvalue weighted by atomic mass is 19.1. The number of nitrogens with one attached hydrogen (secondary N) is 1. The van der Waals surface area contributed by atoms with Crippen LogP contribution in [0.1, 0.15) is 16.1 Å². The molecule has 0 atom stereocenters. The molecule has 2 aromatic rings. The van der Waals surface area contributed by atoms with Gasteiger partial charge in [-0.2, -0.15) is 0 Å². The van der Waals surface area contributed by atoms with E-state index in [2.05, 4.69) is 5.32 Å². The number of benzene rings is 1. The van der Waals surface area contributed by atoms with Crippen LogP contribution in [-0.4, -0.2) is 12.5 Å². The highest BCUT2D eigenvalue weighted by Crippen LogP contribution is 2.09. The van der Waals surface area contributed by atoms with Gasteiger partial charge in [0, 0.05) is 19.0 Å². The maximum Gasteiger partial charge on any atom is 0.254 e. The lowest BCUT2D eigenvalue weighted by atomic mass is 10.2. The quantitative estimate of drug-likeness (QED) is 0.907. The standard InChI is InChI=1S/C13H11F2NO2/c14-9-3-4-11(12(15)8-9)13(17)16-6-5-10-2-1-7-18-10/h1-4,7-8H,5-6H2,(H,16,17). The van der Waals surface area contributed by atoms with Crippen molar-refractivity contribution < 1.29 is 18.0 Å². The van der Waals surface area contributed by atoms with Gasteiger partial charge in [-0.3, -0.25) is 4.79 Å². The molecule has 1 aromatic heterocycles. The van der Waals surface area contributed by atoms with Crippen molar-refractivity contribution in [2.24, 2.45) is 0 Å². The molecule has 94 valence electrons. The zero-order chi connectivity index (χ0) is 13.0. The van der Waals surface area contributed by atoms with Gasteiger partial charge in [0.1, 0.15) is 17.4 Å². The van der Waals surface area contributed by atoms with Crippen molar-refractivity contribution in [1.29, 1.82) is 0 Å². The van der Waals surface area contributed by atoms with Crippen LogP contribution in [0, 0.1) is 11.6 Å². The van der Waals surface area contributed by atoms with Crippen molar-refractivity contribution >= 4 is 5.91 Å². The number of furan rings is 1. The molecule has 0 saturated heterocycles. The molecule has 0 aliphatic rings. The number of halogens is 2. The summed E-state index contributed by atoms with van der Waals surface area (Å²) in [5.41, 5.74) is -0.171. The van der Waals surface area contributed by atoms with Gasteiger partial charge < -0.3 is 9.73 Å². The van der Waals surface area contributed by atoms with Crippen molar-refractivity contribution in [3.05, 3.63) is 59.6 Å². The smallest absolute Gasteiger partial charge is 0.254 e. The summed E-state index contributed by atoms with van der Waals surface area (Å²) >= 11 is 0. The lowest BCUT2D eigenvalue weighted by Crippen LogP contribution is -2.26. The van der Waals surface area contributed by atoms with Gasteiger partial charge in [0.15, 0.2) is 0 Å². The molecule has 0 radical (unpaired) electrons. The van der Waals surface area contributed by atoms with Gasteiger partial charge in [0.2, 0.25) is 0 Å². The molecule has 1 N–H and O–H groups in total. The van der Waals surface area contributed by atoms with E-state index in [1.54, 1.807) is 12.1 Å². The van der Waals surface area contributed by atoms with Crippen LogP contribution in [0.5, 0.6) is 0 Å². The number of amides is 1. The summed E-state index contributed by atoms with van der Waals surface area (Å²) in [6, 6.07) is 6.38.